The first-order valence-corrected chi connectivity index (χ1v) is 11.4. The van der Waals surface area contributed by atoms with Crippen molar-refractivity contribution < 1.29 is 39.2 Å². The number of halogens is 7. The number of fused-ring (bicyclic) bond motifs is 1. The van der Waals surface area contributed by atoms with Crippen LogP contribution in [0.3, 0.4) is 0 Å². The summed E-state index contributed by atoms with van der Waals surface area (Å²) in [5.41, 5.74) is -5.99. The Labute approximate surface area is 188 Å². The van der Waals surface area contributed by atoms with Crippen LogP contribution in [0.4, 0.5) is 30.7 Å². The molecule has 14 heteroatoms. The van der Waals surface area contributed by atoms with Crippen molar-refractivity contribution in [2.75, 3.05) is 12.8 Å². The normalized spacial score (nSPS) is 12.9. The molecule has 0 aliphatic rings. The molecule has 0 unspecified atom stereocenters. The maximum Gasteiger partial charge on any atom is 0.419 e. The van der Waals surface area contributed by atoms with Gasteiger partial charge < -0.3 is 0 Å². The quantitative estimate of drug-likeness (QED) is 0.398. The van der Waals surface area contributed by atoms with Crippen LogP contribution in [0.1, 0.15) is 17.5 Å². The van der Waals surface area contributed by atoms with E-state index < -0.39 is 56.0 Å². The van der Waals surface area contributed by atoms with E-state index in [1.54, 1.807) is 0 Å². The Balaban J connectivity index is 2.25. The largest absolute Gasteiger partial charge is 0.419 e. The molecule has 1 N–H and O–H groups in total. The van der Waals surface area contributed by atoms with Gasteiger partial charge in [-0.25, -0.2) is 17.5 Å². The van der Waals surface area contributed by atoms with E-state index in [2.05, 4.69) is 9.82 Å². The van der Waals surface area contributed by atoms with Crippen LogP contribution in [0.15, 0.2) is 41.2 Å². The molecular weight excluding hydrogens is 495 g/mol. The molecule has 0 atom stereocenters. The fourth-order valence-electron chi connectivity index (χ4n) is 3.30. The van der Waals surface area contributed by atoms with Gasteiger partial charge in [0.15, 0.2) is 0 Å². The van der Waals surface area contributed by atoms with E-state index in [4.69, 9.17) is 0 Å². The molecular formula is C20H16F7N3O3S. The van der Waals surface area contributed by atoms with E-state index in [1.165, 1.54) is 0 Å². The molecule has 0 saturated carbocycles. The second kappa shape index (κ2) is 8.98. The summed E-state index contributed by atoms with van der Waals surface area (Å²) in [5.74, 6) is -1.65. The Bertz CT molecular complexity index is 1400. The van der Waals surface area contributed by atoms with Gasteiger partial charge >= 0.3 is 12.4 Å². The first-order valence-electron chi connectivity index (χ1n) is 9.52. The van der Waals surface area contributed by atoms with Crippen molar-refractivity contribution in [2.24, 2.45) is 0 Å². The summed E-state index contributed by atoms with van der Waals surface area (Å²) in [4.78, 5) is 13.0. The van der Waals surface area contributed by atoms with E-state index in [-0.39, 0.29) is 30.4 Å². The zero-order valence-corrected chi connectivity index (χ0v) is 18.1. The zero-order chi connectivity index (χ0) is 25.5. The zero-order valence-electron chi connectivity index (χ0n) is 17.3. The van der Waals surface area contributed by atoms with E-state index in [0.717, 1.165) is 29.1 Å². The molecule has 2 aromatic carbocycles. The van der Waals surface area contributed by atoms with Crippen LogP contribution >= 0.6 is 0 Å². The van der Waals surface area contributed by atoms with Crippen LogP contribution in [0.5, 0.6) is 0 Å². The monoisotopic (exact) mass is 511 g/mol. The highest BCUT2D eigenvalue weighted by molar-refractivity contribution is 7.88. The molecule has 3 rings (SSSR count). The first kappa shape index (κ1) is 25.6. The van der Waals surface area contributed by atoms with Gasteiger partial charge in [0.1, 0.15) is 17.1 Å². The van der Waals surface area contributed by atoms with Gasteiger partial charge in [0.2, 0.25) is 15.5 Å². The highest BCUT2D eigenvalue weighted by Crippen LogP contribution is 2.38. The molecule has 34 heavy (non-hydrogen) atoms. The highest BCUT2D eigenvalue weighted by Gasteiger charge is 2.38. The lowest BCUT2D eigenvalue weighted by atomic mass is 10.0. The lowest BCUT2D eigenvalue weighted by Gasteiger charge is -2.17. The lowest BCUT2D eigenvalue weighted by Crippen LogP contribution is -2.25. The molecule has 0 aliphatic carbocycles. The van der Waals surface area contributed by atoms with Crippen molar-refractivity contribution >= 4 is 20.9 Å². The number of benzene rings is 2. The minimum atomic E-state index is -5.19. The summed E-state index contributed by atoms with van der Waals surface area (Å²) in [6, 6.07) is 4.36. The minimum absolute atomic E-state index is 0.0248. The number of aromatic nitrogens is 2. The van der Waals surface area contributed by atoms with Crippen LogP contribution < -0.4 is 10.2 Å². The van der Waals surface area contributed by atoms with Crippen molar-refractivity contribution in [3.05, 3.63) is 63.6 Å². The number of nitrogens with one attached hydrogen (secondary N) is 1. The number of alkyl halides is 6. The highest BCUT2D eigenvalue weighted by atomic mass is 32.2. The number of nitrogens with zero attached hydrogens (tertiary/aromatic N) is 2. The van der Waals surface area contributed by atoms with Crippen LogP contribution in [-0.4, -0.2) is 31.0 Å². The molecule has 1 aromatic heterocycles. The summed E-state index contributed by atoms with van der Waals surface area (Å²) in [5, 5.41) is 3.47. The van der Waals surface area contributed by atoms with E-state index in [0.29, 0.717) is 18.2 Å². The van der Waals surface area contributed by atoms with Gasteiger partial charge in [0, 0.05) is 24.0 Å². The minimum Gasteiger partial charge on any atom is -0.287 e. The van der Waals surface area contributed by atoms with E-state index in [1.807, 2.05) is 0 Å². The topological polar surface area (TPSA) is 81.1 Å². The SMILES string of the molecule is CS(=O)(=O)NCCCn1nc(-c2cccc(F)c2C(F)(F)F)c(=O)c2ccc(C(F)(F)F)cc21. The average molecular weight is 511 g/mol. The smallest absolute Gasteiger partial charge is 0.287 e. The first-order chi connectivity index (χ1) is 15.6. The van der Waals surface area contributed by atoms with E-state index in [9.17, 15) is 43.9 Å². The van der Waals surface area contributed by atoms with Crippen LogP contribution in [0.2, 0.25) is 0 Å². The molecule has 3 aromatic rings. The third-order valence-electron chi connectivity index (χ3n) is 4.75. The summed E-state index contributed by atoms with van der Waals surface area (Å²) < 4.78 is 120. The third kappa shape index (κ3) is 5.55. The third-order valence-corrected chi connectivity index (χ3v) is 5.48. The Hall–Kier alpha value is -3.00. The van der Waals surface area contributed by atoms with Crippen molar-refractivity contribution in [1.82, 2.24) is 14.5 Å². The summed E-state index contributed by atoms with van der Waals surface area (Å²) in [6.45, 7) is -0.416. The van der Waals surface area contributed by atoms with Gasteiger partial charge in [-0.15, -0.1) is 0 Å². The average Bonchev–Trinajstić information content (AvgIpc) is 2.69. The van der Waals surface area contributed by atoms with Gasteiger partial charge in [0.05, 0.1) is 17.3 Å². The fraction of sp³-hybridized carbons (Fsp3) is 0.300. The number of hydrogen-bond acceptors (Lipinski definition) is 4. The van der Waals surface area contributed by atoms with E-state index >= 15 is 0 Å². The Morgan fingerprint density at radius 2 is 1.71 bits per heavy atom. The molecule has 0 radical (unpaired) electrons. The number of aryl methyl sites for hydroxylation is 1. The molecule has 0 fully saturated rings. The maximum atomic E-state index is 14.1. The van der Waals surface area contributed by atoms with Gasteiger partial charge in [-0.3, -0.25) is 9.48 Å². The summed E-state index contributed by atoms with van der Waals surface area (Å²) in [7, 11) is -3.58. The maximum absolute atomic E-state index is 14.1. The fourth-order valence-corrected chi connectivity index (χ4v) is 3.82. The van der Waals surface area contributed by atoms with Crippen LogP contribution in [-0.2, 0) is 28.9 Å². The Morgan fingerprint density at radius 3 is 2.29 bits per heavy atom. The van der Waals surface area contributed by atoms with Crippen molar-refractivity contribution in [3.8, 4) is 11.3 Å². The molecule has 0 bridgehead atoms. The standard InChI is InChI=1S/C20H16F7N3O3S/c1-34(32,33)28-8-3-9-30-15-10-11(19(22,23)24)6-7-12(15)18(31)17(29-30)13-4-2-5-14(21)16(13)20(25,26)27/h2,4-7,10,28H,3,8-9H2,1H3. The molecule has 1 heterocycles. The number of sulfonamides is 1. The van der Waals surface area contributed by atoms with Gasteiger partial charge in [-0.2, -0.15) is 31.4 Å². The molecule has 0 aliphatic heterocycles. The molecule has 6 nitrogen and oxygen atoms in total. The predicted molar refractivity (Wildman–Crippen MR) is 109 cm³/mol. The molecule has 0 spiro atoms. The number of rotatable bonds is 6. The van der Waals surface area contributed by atoms with Crippen molar-refractivity contribution in [1.29, 1.82) is 0 Å². The van der Waals surface area contributed by atoms with Crippen molar-refractivity contribution in [2.45, 2.75) is 25.3 Å². The Morgan fingerprint density at radius 1 is 1.03 bits per heavy atom. The van der Waals surface area contributed by atoms with Gasteiger partial charge in [-0.1, -0.05) is 12.1 Å². The second-order valence-corrected chi connectivity index (χ2v) is 9.14. The van der Waals surface area contributed by atoms with Crippen molar-refractivity contribution in [3.63, 3.8) is 0 Å². The molecule has 184 valence electrons. The van der Waals surface area contributed by atoms with Crippen LogP contribution in [0, 0.1) is 5.82 Å². The van der Waals surface area contributed by atoms with Gasteiger partial charge in [0.25, 0.3) is 0 Å². The predicted octanol–water partition coefficient (Wildman–Crippen LogP) is 4.18. The summed E-state index contributed by atoms with van der Waals surface area (Å²) >= 11 is 0. The van der Waals surface area contributed by atoms with Gasteiger partial charge in [-0.05, 0) is 30.7 Å². The number of hydrogen-bond donors (Lipinski definition) is 1. The summed E-state index contributed by atoms with van der Waals surface area (Å²) in [6.07, 6.45) is -9.11. The Kier molecular flexibility index (Phi) is 6.77. The molecule has 0 saturated heterocycles. The van der Waals surface area contributed by atoms with Crippen LogP contribution in [0.25, 0.3) is 22.2 Å². The lowest BCUT2D eigenvalue weighted by molar-refractivity contribution is -0.139. The second-order valence-electron chi connectivity index (χ2n) is 7.31. The molecule has 0 amide bonds.